The van der Waals surface area contributed by atoms with Gasteiger partial charge >= 0.3 is 11.8 Å². The highest BCUT2D eigenvalue weighted by molar-refractivity contribution is 5.67. The molecular weight excluding hydrogens is 296 g/mol. The zero-order valence-electron chi connectivity index (χ0n) is 13.6. The van der Waals surface area contributed by atoms with Crippen molar-refractivity contribution < 1.29 is 9.53 Å². The summed E-state index contributed by atoms with van der Waals surface area (Å²) in [6, 6.07) is 7.45. The van der Waals surface area contributed by atoms with E-state index in [0.717, 1.165) is 11.4 Å². The Labute approximate surface area is 134 Å². The van der Waals surface area contributed by atoms with Crippen molar-refractivity contribution in [3.63, 3.8) is 0 Å². The van der Waals surface area contributed by atoms with E-state index in [2.05, 4.69) is 15.6 Å². The number of benzene rings is 1. The highest BCUT2D eigenvalue weighted by Gasteiger charge is 2.15. The van der Waals surface area contributed by atoms with Crippen molar-refractivity contribution in [2.45, 2.75) is 26.4 Å². The summed E-state index contributed by atoms with van der Waals surface area (Å²) in [4.78, 5) is 25.6. The minimum Gasteiger partial charge on any atom is -0.444 e. The molecule has 7 nitrogen and oxygen atoms in total. The molecule has 0 atom stereocenters. The van der Waals surface area contributed by atoms with Crippen molar-refractivity contribution >= 4 is 11.8 Å². The molecule has 0 aliphatic heterocycles. The quantitative estimate of drug-likeness (QED) is 0.737. The Bertz CT molecular complexity index is 695. The number of hydrogen-bond donors (Lipinski definition) is 3. The average molecular weight is 318 g/mol. The van der Waals surface area contributed by atoms with Gasteiger partial charge < -0.3 is 20.4 Å². The molecule has 23 heavy (non-hydrogen) atoms. The lowest BCUT2D eigenvalue weighted by Crippen LogP contribution is -2.34. The van der Waals surface area contributed by atoms with Gasteiger partial charge in [-0.1, -0.05) is 0 Å². The third-order valence-corrected chi connectivity index (χ3v) is 2.92. The zero-order chi connectivity index (χ0) is 16.9. The Hall–Kier alpha value is -2.70. The maximum absolute atomic E-state index is 11.5. The van der Waals surface area contributed by atoms with Crippen LogP contribution in [0.15, 0.2) is 41.5 Å². The first-order chi connectivity index (χ1) is 10.8. The molecule has 0 bridgehead atoms. The SMILES string of the molecule is CC(C)(C)OC(=O)NCCNc1ccc(-n2cc[nH]c2=O)cc1. The van der Waals surface area contributed by atoms with E-state index < -0.39 is 11.7 Å². The third-order valence-electron chi connectivity index (χ3n) is 2.92. The molecule has 1 aromatic heterocycles. The van der Waals surface area contributed by atoms with Crippen LogP contribution in [0.25, 0.3) is 5.69 Å². The van der Waals surface area contributed by atoms with E-state index in [4.69, 9.17) is 4.74 Å². The largest absolute Gasteiger partial charge is 0.444 e. The Morgan fingerprint density at radius 1 is 1.22 bits per heavy atom. The van der Waals surface area contributed by atoms with E-state index >= 15 is 0 Å². The molecule has 0 saturated carbocycles. The number of hydrogen-bond acceptors (Lipinski definition) is 4. The fourth-order valence-electron chi connectivity index (χ4n) is 1.95. The molecule has 124 valence electrons. The van der Waals surface area contributed by atoms with Crippen LogP contribution in [0.5, 0.6) is 0 Å². The van der Waals surface area contributed by atoms with Gasteiger partial charge in [-0.3, -0.25) is 4.57 Å². The molecule has 3 N–H and O–H groups in total. The predicted molar refractivity (Wildman–Crippen MR) is 89.1 cm³/mol. The van der Waals surface area contributed by atoms with Crippen molar-refractivity contribution in [1.29, 1.82) is 0 Å². The van der Waals surface area contributed by atoms with Crippen LogP contribution in [0.3, 0.4) is 0 Å². The topological polar surface area (TPSA) is 88.2 Å². The first kappa shape index (κ1) is 16.7. The number of rotatable bonds is 5. The second-order valence-corrected chi connectivity index (χ2v) is 6.04. The van der Waals surface area contributed by atoms with Gasteiger partial charge in [0, 0.05) is 31.2 Å². The van der Waals surface area contributed by atoms with E-state index in [0.29, 0.717) is 13.1 Å². The number of ether oxygens (including phenoxy) is 1. The van der Waals surface area contributed by atoms with Crippen molar-refractivity contribution in [2.75, 3.05) is 18.4 Å². The van der Waals surface area contributed by atoms with E-state index in [1.54, 1.807) is 12.4 Å². The maximum atomic E-state index is 11.5. The van der Waals surface area contributed by atoms with Gasteiger partial charge in [0.05, 0.1) is 5.69 Å². The molecular formula is C16H22N4O3. The van der Waals surface area contributed by atoms with E-state index in [1.165, 1.54) is 4.57 Å². The molecule has 0 radical (unpaired) electrons. The number of carbonyl (C=O) groups is 1. The monoisotopic (exact) mass is 318 g/mol. The summed E-state index contributed by atoms with van der Waals surface area (Å²) in [5.74, 6) is 0. The van der Waals surface area contributed by atoms with Crippen LogP contribution in [0.2, 0.25) is 0 Å². The Morgan fingerprint density at radius 3 is 2.48 bits per heavy atom. The molecule has 0 aliphatic rings. The number of anilines is 1. The summed E-state index contributed by atoms with van der Waals surface area (Å²) in [7, 11) is 0. The van der Waals surface area contributed by atoms with Crippen LogP contribution in [0, 0.1) is 0 Å². The van der Waals surface area contributed by atoms with Gasteiger partial charge in [0.1, 0.15) is 5.60 Å². The smallest absolute Gasteiger partial charge is 0.407 e. The lowest BCUT2D eigenvalue weighted by atomic mass is 10.2. The summed E-state index contributed by atoms with van der Waals surface area (Å²) in [6.45, 7) is 6.49. The second-order valence-electron chi connectivity index (χ2n) is 6.04. The fraction of sp³-hybridized carbons (Fsp3) is 0.375. The number of alkyl carbamates (subject to hydrolysis) is 1. The first-order valence-electron chi connectivity index (χ1n) is 7.42. The van der Waals surface area contributed by atoms with Gasteiger partial charge in [0.15, 0.2) is 0 Å². The van der Waals surface area contributed by atoms with E-state index in [1.807, 2.05) is 45.0 Å². The minimum atomic E-state index is -0.496. The van der Waals surface area contributed by atoms with Crippen molar-refractivity contribution in [2.24, 2.45) is 0 Å². The van der Waals surface area contributed by atoms with Crippen molar-refractivity contribution in [3.8, 4) is 5.69 Å². The van der Waals surface area contributed by atoms with Crippen LogP contribution in [0.4, 0.5) is 10.5 Å². The fourth-order valence-corrected chi connectivity index (χ4v) is 1.95. The molecule has 1 amide bonds. The molecule has 0 unspecified atom stereocenters. The van der Waals surface area contributed by atoms with Gasteiger partial charge in [-0.15, -0.1) is 0 Å². The number of H-pyrrole nitrogens is 1. The molecule has 0 saturated heterocycles. The lowest BCUT2D eigenvalue weighted by Gasteiger charge is -2.19. The summed E-state index contributed by atoms with van der Waals surface area (Å²) < 4.78 is 6.67. The van der Waals surface area contributed by atoms with Crippen LogP contribution in [-0.2, 0) is 4.74 Å². The molecule has 1 aromatic carbocycles. The zero-order valence-corrected chi connectivity index (χ0v) is 13.6. The molecule has 0 spiro atoms. The normalized spacial score (nSPS) is 11.1. The van der Waals surface area contributed by atoms with Crippen LogP contribution < -0.4 is 16.3 Å². The van der Waals surface area contributed by atoms with Gasteiger partial charge in [-0.25, -0.2) is 9.59 Å². The predicted octanol–water partition coefficient (Wildman–Crippen LogP) is 2.10. The van der Waals surface area contributed by atoms with Crippen LogP contribution in [0.1, 0.15) is 20.8 Å². The molecule has 0 fully saturated rings. The molecule has 1 heterocycles. The van der Waals surface area contributed by atoms with Crippen LogP contribution >= 0.6 is 0 Å². The number of nitrogens with zero attached hydrogens (tertiary/aromatic N) is 1. The Kier molecular flexibility index (Phi) is 5.10. The number of aromatic nitrogens is 2. The number of aromatic amines is 1. The van der Waals surface area contributed by atoms with Crippen LogP contribution in [-0.4, -0.2) is 34.3 Å². The average Bonchev–Trinajstić information content (AvgIpc) is 2.89. The highest BCUT2D eigenvalue weighted by atomic mass is 16.6. The van der Waals surface area contributed by atoms with Gasteiger partial charge in [-0.05, 0) is 45.0 Å². The van der Waals surface area contributed by atoms with E-state index in [-0.39, 0.29) is 5.69 Å². The molecule has 7 heteroatoms. The number of nitrogens with one attached hydrogen (secondary N) is 3. The number of amides is 1. The van der Waals surface area contributed by atoms with Crippen molar-refractivity contribution in [3.05, 3.63) is 47.1 Å². The first-order valence-corrected chi connectivity index (χ1v) is 7.42. The number of carbonyl (C=O) groups excluding carboxylic acids is 1. The summed E-state index contributed by atoms with van der Waals surface area (Å²) >= 11 is 0. The van der Waals surface area contributed by atoms with Gasteiger partial charge in [0.25, 0.3) is 0 Å². The van der Waals surface area contributed by atoms with Gasteiger partial charge in [-0.2, -0.15) is 0 Å². The lowest BCUT2D eigenvalue weighted by molar-refractivity contribution is 0.0530. The molecule has 0 aliphatic carbocycles. The summed E-state index contributed by atoms with van der Waals surface area (Å²) in [5.41, 5.74) is 1.02. The standard InChI is InChI=1S/C16H22N4O3/c1-16(2,3)23-15(22)19-9-8-17-12-4-6-13(7-5-12)20-11-10-18-14(20)21/h4-7,10-11,17H,8-9H2,1-3H3,(H,18,21)(H,19,22). The minimum absolute atomic E-state index is 0.174. The second kappa shape index (κ2) is 7.04. The Morgan fingerprint density at radius 2 is 1.91 bits per heavy atom. The third kappa shape index (κ3) is 5.21. The summed E-state index contributed by atoms with van der Waals surface area (Å²) in [6.07, 6.45) is 2.84. The maximum Gasteiger partial charge on any atom is 0.407 e. The Balaban J connectivity index is 1.78. The number of imidazole rings is 1. The molecule has 2 rings (SSSR count). The highest BCUT2D eigenvalue weighted by Crippen LogP contribution is 2.11. The van der Waals surface area contributed by atoms with Gasteiger partial charge in [0.2, 0.25) is 0 Å². The molecule has 2 aromatic rings. The van der Waals surface area contributed by atoms with Crippen molar-refractivity contribution in [1.82, 2.24) is 14.9 Å². The van der Waals surface area contributed by atoms with E-state index in [9.17, 15) is 9.59 Å². The summed E-state index contributed by atoms with van der Waals surface area (Å²) in [5, 5.41) is 5.86.